The van der Waals surface area contributed by atoms with E-state index in [0.29, 0.717) is 6.54 Å². The van der Waals surface area contributed by atoms with Gasteiger partial charge in [0.15, 0.2) is 0 Å². The summed E-state index contributed by atoms with van der Waals surface area (Å²) in [6.07, 6.45) is 1.48. The van der Waals surface area contributed by atoms with Gasteiger partial charge in [0.05, 0.1) is 20.5 Å². The summed E-state index contributed by atoms with van der Waals surface area (Å²) >= 11 is 0. The van der Waals surface area contributed by atoms with Gasteiger partial charge in [0.2, 0.25) is 5.76 Å². The van der Waals surface area contributed by atoms with Gasteiger partial charge < -0.3 is 19.2 Å². The van der Waals surface area contributed by atoms with Crippen LogP contribution in [0.2, 0.25) is 0 Å². The van der Waals surface area contributed by atoms with Crippen molar-refractivity contribution in [1.29, 1.82) is 0 Å². The van der Waals surface area contributed by atoms with Gasteiger partial charge in [0, 0.05) is 17.8 Å². The second-order valence-electron chi connectivity index (χ2n) is 4.30. The summed E-state index contributed by atoms with van der Waals surface area (Å²) in [5, 5.41) is 3.26. The molecular formula is C15H17NO4. The maximum absolute atomic E-state index is 11.5. The molecular weight excluding hydrogens is 258 g/mol. The Kier molecular flexibility index (Phi) is 4.30. The molecule has 0 unspecified atom stereocenters. The monoisotopic (exact) mass is 275 g/mol. The Balaban J connectivity index is 2.09. The van der Waals surface area contributed by atoms with Crippen LogP contribution in [0.15, 0.2) is 34.9 Å². The number of hydrogen-bond acceptors (Lipinski definition) is 5. The van der Waals surface area contributed by atoms with Crippen molar-refractivity contribution in [2.45, 2.75) is 13.5 Å². The summed E-state index contributed by atoms with van der Waals surface area (Å²) in [6, 6.07) is 7.51. The van der Waals surface area contributed by atoms with E-state index < -0.39 is 5.97 Å². The van der Waals surface area contributed by atoms with Gasteiger partial charge in [-0.25, -0.2) is 4.79 Å². The molecule has 0 saturated heterocycles. The first-order chi connectivity index (χ1) is 9.65. The van der Waals surface area contributed by atoms with Crippen LogP contribution in [0.5, 0.6) is 5.75 Å². The molecule has 0 bridgehead atoms. The lowest BCUT2D eigenvalue weighted by Gasteiger charge is -2.10. The lowest BCUT2D eigenvalue weighted by atomic mass is 10.1. The maximum atomic E-state index is 11.5. The van der Waals surface area contributed by atoms with Crippen molar-refractivity contribution < 1.29 is 18.7 Å². The molecule has 1 N–H and O–H groups in total. The van der Waals surface area contributed by atoms with Crippen LogP contribution in [0.4, 0.5) is 5.69 Å². The fourth-order valence-corrected chi connectivity index (χ4v) is 1.90. The molecule has 2 rings (SSSR count). The van der Waals surface area contributed by atoms with Gasteiger partial charge in [0.25, 0.3) is 0 Å². The number of aryl methyl sites for hydroxylation is 1. The van der Waals surface area contributed by atoms with Crippen LogP contribution < -0.4 is 10.1 Å². The predicted molar refractivity (Wildman–Crippen MR) is 75.1 cm³/mol. The molecule has 20 heavy (non-hydrogen) atoms. The summed E-state index contributed by atoms with van der Waals surface area (Å²) in [5.74, 6) is 0.566. The van der Waals surface area contributed by atoms with Crippen molar-refractivity contribution in [3.63, 3.8) is 0 Å². The molecule has 0 amide bonds. The van der Waals surface area contributed by atoms with E-state index in [9.17, 15) is 4.79 Å². The van der Waals surface area contributed by atoms with Crippen molar-refractivity contribution in [1.82, 2.24) is 0 Å². The summed E-state index contributed by atoms with van der Waals surface area (Å²) in [7, 11) is 2.96. The molecule has 5 heteroatoms. The quantitative estimate of drug-likeness (QED) is 0.850. The zero-order valence-corrected chi connectivity index (χ0v) is 11.7. The van der Waals surface area contributed by atoms with Crippen LogP contribution in [-0.4, -0.2) is 20.2 Å². The van der Waals surface area contributed by atoms with Crippen LogP contribution in [0.25, 0.3) is 0 Å². The van der Waals surface area contributed by atoms with E-state index in [1.807, 2.05) is 25.1 Å². The van der Waals surface area contributed by atoms with Gasteiger partial charge in [-0.3, -0.25) is 0 Å². The molecule has 0 aliphatic heterocycles. The Morgan fingerprint density at radius 2 is 2.10 bits per heavy atom. The minimum Gasteiger partial charge on any atom is -0.497 e. The van der Waals surface area contributed by atoms with Crippen LogP contribution >= 0.6 is 0 Å². The minimum atomic E-state index is -0.474. The highest BCUT2D eigenvalue weighted by Gasteiger charge is 2.15. The molecule has 1 heterocycles. The normalized spacial score (nSPS) is 10.2. The third-order valence-electron chi connectivity index (χ3n) is 3.02. The number of benzene rings is 1. The van der Waals surface area contributed by atoms with E-state index in [1.165, 1.54) is 13.4 Å². The van der Waals surface area contributed by atoms with E-state index in [-0.39, 0.29) is 5.76 Å². The fraction of sp³-hybridized carbons (Fsp3) is 0.267. The van der Waals surface area contributed by atoms with Gasteiger partial charge in [-0.05, 0) is 36.8 Å². The first-order valence-corrected chi connectivity index (χ1v) is 6.19. The van der Waals surface area contributed by atoms with Crippen molar-refractivity contribution in [2.75, 3.05) is 19.5 Å². The second kappa shape index (κ2) is 6.14. The number of ether oxygens (including phenoxy) is 2. The molecule has 0 atom stereocenters. The average molecular weight is 275 g/mol. The summed E-state index contributed by atoms with van der Waals surface area (Å²) in [6.45, 7) is 2.47. The number of rotatable bonds is 5. The van der Waals surface area contributed by atoms with Gasteiger partial charge in [-0.15, -0.1) is 0 Å². The highest BCUT2D eigenvalue weighted by atomic mass is 16.5. The van der Waals surface area contributed by atoms with Gasteiger partial charge in [-0.1, -0.05) is 0 Å². The van der Waals surface area contributed by atoms with Crippen LogP contribution in [0.3, 0.4) is 0 Å². The topological polar surface area (TPSA) is 60.7 Å². The zero-order valence-electron chi connectivity index (χ0n) is 11.7. The summed E-state index contributed by atoms with van der Waals surface area (Å²) < 4.78 is 15.0. The average Bonchev–Trinajstić information content (AvgIpc) is 2.93. The van der Waals surface area contributed by atoms with E-state index in [4.69, 9.17) is 9.15 Å². The molecule has 0 radical (unpaired) electrons. The lowest BCUT2D eigenvalue weighted by Crippen LogP contribution is -2.07. The molecule has 2 aromatic rings. The SMILES string of the molecule is COC(=O)c1occc1CNc1ccc(OC)cc1C. The van der Waals surface area contributed by atoms with Crippen molar-refractivity contribution in [3.05, 3.63) is 47.4 Å². The fourth-order valence-electron chi connectivity index (χ4n) is 1.90. The number of anilines is 1. The van der Waals surface area contributed by atoms with Gasteiger partial charge in [0.1, 0.15) is 5.75 Å². The molecule has 1 aromatic carbocycles. The van der Waals surface area contributed by atoms with E-state index in [2.05, 4.69) is 10.1 Å². The molecule has 0 aliphatic carbocycles. The number of nitrogens with one attached hydrogen (secondary N) is 1. The van der Waals surface area contributed by atoms with E-state index in [0.717, 1.165) is 22.6 Å². The first-order valence-electron chi connectivity index (χ1n) is 6.19. The molecule has 5 nitrogen and oxygen atoms in total. The van der Waals surface area contributed by atoms with Gasteiger partial charge in [-0.2, -0.15) is 0 Å². The molecule has 106 valence electrons. The van der Waals surface area contributed by atoms with Crippen LogP contribution in [0, 0.1) is 6.92 Å². The highest BCUT2D eigenvalue weighted by molar-refractivity contribution is 5.87. The second-order valence-corrected chi connectivity index (χ2v) is 4.30. The van der Waals surface area contributed by atoms with Crippen molar-refractivity contribution in [2.24, 2.45) is 0 Å². The van der Waals surface area contributed by atoms with E-state index >= 15 is 0 Å². The highest BCUT2D eigenvalue weighted by Crippen LogP contribution is 2.22. The predicted octanol–water partition coefficient (Wildman–Crippen LogP) is 3.00. The van der Waals surface area contributed by atoms with Crippen LogP contribution in [-0.2, 0) is 11.3 Å². The Labute approximate surface area is 117 Å². The minimum absolute atomic E-state index is 0.228. The van der Waals surface area contributed by atoms with Crippen LogP contribution in [0.1, 0.15) is 21.7 Å². The Bertz CT molecular complexity index is 604. The number of esters is 1. The van der Waals surface area contributed by atoms with Crippen molar-refractivity contribution >= 4 is 11.7 Å². The number of furan rings is 1. The standard InChI is InChI=1S/C15H17NO4/c1-10-8-12(18-2)4-5-13(10)16-9-11-6-7-20-14(11)15(17)19-3/h4-8,16H,9H2,1-3H3. The molecule has 0 aliphatic rings. The number of carbonyl (C=O) groups is 1. The Hall–Kier alpha value is -2.43. The number of hydrogen-bond donors (Lipinski definition) is 1. The lowest BCUT2D eigenvalue weighted by molar-refractivity contribution is 0.0563. The zero-order chi connectivity index (χ0) is 14.5. The third-order valence-corrected chi connectivity index (χ3v) is 3.02. The molecule has 0 saturated carbocycles. The first kappa shape index (κ1) is 14.0. The maximum Gasteiger partial charge on any atom is 0.374 e. The Morgan fingerprint density at radius 3 is 2.75 bits per heavy atom. The number of methoxy groups -OCH3 is 2. The molecule has 0 fully saturated rings. The Morgan fingerprint density at radius 1 is 1.30 bits per heavy atom. The largest absolute Gasteiger partial charge is 0.497 e. The summed E-state index contributed by atoms with van der Waals surface area (Å²) in [5.41, 5.74) is 2.79. The van der Waals surface area contributed by atoms with Gasteiger partial charge >= 0.3 is 5.97 Å². The third kappa shape index (κ3) is 2.93. The smallest absolute Gasteiger partial charge is 0.374 e. The molecule has 0 spiro atoms. The van der Waals surface area contributed by atoms with E-state index in [1.54, 1.807) is 13.2 Å². The number of carbonyl (C=O) groups excluding carboxylic acids is 1. The molecule has 1 aromatic heterocycles. The summed E-state index contributed by atoms with van der Waals surface area (Å²) in [4.78, 5) is 11.5. The van der Waals surface area contributed by atoms with Crippen molar-refractivity contribution in [3.8, 4) is 5.75 Å².